The van der Waals surface area contributed by atoms with Crippen LogP contribution in [0.3, 0.4) is 0 Å². The zero-order valence-electron chi connectivity index (χ0n) is 20.9. The van der Waals surface area contributed by atoms with Crippen LogP contribution in [0.4, 0.5) is 10.1 Å². The Morgan fingerprint density at radius 2 is 1.73 bits per heavy atom. The third-order valence-electron chi connectivity index (χ3n) is 6.49. The number of carbonyl (C=O) groups excluding carboxylic acids is 2. The van der Waals surface area contributed by atoms with Crippen molar-refractivity contribution in [2.45, 2.75) is 64.1 Å². The number of hydrogen-bond acceptors (Lipinski definition) is 4. The van der Waals surface area contributed by atoms with Gasteiger partial charge in [-0.3, -0.25) is 13.9 Å². The van der Waals surface area contributed by atoms with Crippen LogP contribution in [0.5, 0.6) is 0 Å². The number of anilines is 1. The SMILES string of the molecule is CCC(C(=O)NC1CCCCC1)N(Cc1ccc(Cl)cc1Cl)C(=O)CN(c1ccc(F)cc1)S(C)(=O)=O. The molecule has 0 aromatic heterocycles. The van der Waals surface area contributed by atoms with Crippen molar-refractivity contribution in [2.75, 3.05) is 17.1 Å². The van der Waals surface area contributed by atoms with Crippen molar-refractivity contribution in [2.24, 2.45) is 0 Å². The van der Waals surface area contributed by atoms with Crippen LogP contribution in [-0.2, 0) is 26.2 Å². The lowest BCUT2D eigenvalue weighted by Gasteiger charge is -2.34. The summed E-state index contributed by atoms with van der Waals surface area (Å²) in [6.45, 7) is 1.21. The molecule has 202 valence electrons. The molecule has 1 N–H and O–H groups in total. The van der Waals surface area contributed by atoms with E-state index in [1.165, 1.54) is 17.0 Å². The summed E-state index contributed by atoms with van der Waals surface area (Å²) in [4.78, 5) is 28.4. The molecule has 2 amide bonds. The van der Waals surface area contributed by atoms with E-state index in [4.69, 9.17) is 23.2 Å². The molecule has 0 aliphatic heterocycles. The largest absolute Gasteiger partial charge is 0.352 e. The second kappa shape index (κ2) is 12.9. The molecular weight excluding hydrogens is 540 g/mol. The fourth-order valence-electron chi connectivity index (χ4n) is 4.52. The Bertz CT molecular complexity index is 1200. The molecule has 7 nitrogen and oxygen atoms in total. The molecule has 1 saturated carbocycles. The van der Waals surface area contributed by atoms with Gasteiger partial charge in [-0.15, -0.1) is 0 Å². The van der Waals surface area contributed by atoms with Gasteiger partial charge in [-0.25, -0.2) is 12.8 Å². The Morgan fingerprint density at radius 1 is 1.08 bits per heavy atom. The Balaban J connectivity index is 1.93. The summed E-state index contributed by atoms with van der Waals surface area (Å²) in [5, 5.41) is 3.83. The molecule has 2 aromatic rings. The first-order chi connectivity index (χ1) is 17.5. The van der Waals surface area contributed by atoms with E-state index in [1.54, 1.807) is 25.1 Å². The molecule has 37 heavy (non-hydrogen) atoms. The lowest BCUT2D eigenvalue weighted by molar-refractivity contribution is -0.140. The highest BCUT2D eigenvalue weighted by atomic mass is 35.5. The van der Waals surface area contributed by atoms with Crippen LogP contribution in [0.15, 0.2) is 42.5 Å². The molecule has 0 spiro atoms. The van der Waals surface area contributed by atoms with Crippen LogP contribution in [0, 0.1) is 5.82 Å². The number of carbonyl (C=O) groups is 2. The lowest BCUT2D eigenvalue weighted by atomic mass is 9.95. The topological polar surface area (TPSA) is 86.8 Å². The summed E-state index contributed by atoms with van der Waals surface area (Å²) in [5.41, 5.74) is 0.706. The zero-order chi connectivity index (χ0) is 27.2. The van der Waals surface area contributed by atoms with Crippen molar-refractivity contribution in [3.63, 3.8) is 0 Å². The van der Waals surface area contributed by atoms with Gasteiger partial charge in [0, 0.05) is 22.6 Å². The number of benzene rings is 2. The van der Waals surface area contributed by atoms with Crippen LogP contribution >= 0.6 is 23.2 Å². The van der Waals surface area contributed by atoms with Crippen LogP contribution in [0.25, 0.3) is 0 Å². The van der Waals surface area contributed by atoms with E-state index in [-0.39, 0.29) is 24.2 Å². The highest BCUT2D eigenvalue weighted by Gasteiger charge is 2.33. The average Bonchev–Trinajstić information content (AvgIpc) is 2.84. The van der Waals surface area contributed by atoms with Gasteiger partial charge in [0.25, 0.3) is 0 Å². The molecule has 1 aliphatic rings. The first-order valence-corrected chi connectivity index (χ1v) is 14.9. The molecule has 1 fully saturated rings. The summed E-state index contributed by atoms with van der Waals surface area (Å²) >= 11 is 12.4. The van der Waals surface area contributed by atoms with Gasteiger partial charge < -0.3 is 10.2 Å². The predicted octanol–water partition coefficient (Wildman–Crippen LogP) is 5.15. The minimum absolute atomic E-state index is 0.0214. The first kappa shape index (κ1) is 29.2. The molecule has 11 heteroatoms. The van der Waals surface area contributed by atoms with Crippen molar-refractivity contribution in [3.8, 4) is 0 Å². The Kier molecular flexibility index (Phi) is 10.2. The summed E-state index contributed by atoms with van der Waals surface area (Å²) in [5.74, 6) is -1.42. The van der Waals surface area contributed by atoms with Crippen molar-refractivity contribution >= 4 is 50.7 Å². The van der Waals surface area contributed by atoms with Crippen molar-refractivity contribution in [1.29, 1.82) is 0 Å². The van der Waals surface area contributed by atoms with Crippen molar-refractivity contribution in [3.05, 3.63) is 63.9 Å². The molecule has 2 aromatic carbocycles. The van der Waals surface area contributed by atoms with Gasteiger partial charge in [0.2, 0.25) is 21.8 Å². The Morgan fingerprint density at radius 3 is 2.30 bits per heavy atom. The zero-order valence-corrected chi connectivity index (χ0v) is 23.3. The monoisotopic (exact) mass is 571 g/mol. The molecule has 1 unspecified atom stereocenters. The predicted molar refractivity (Wildman–Crippen MR) is 145 cm³/mol. The van der Waals surface area contributed by atoms with Crippen molar-refractivity contribution < 1.29 is 22.4 Å². The van der Waals surface area contributed by atoms with Crippen LogP contribution < -0.4 is 9.62 Å². The molecule has 1 aliphatic carbocycles. The van der Waals surface area contributed by atoms with Gasteiger partial charge in [0.15, 0.2) is 0 Å². The van der Waals surface area contributed by atoms with Crippen molar-refractivity contribution in [1.82, 2.24) is 10.2 Å². The van der Waals surface area contributed by atoms with Gasteiger partial charge in [-0.2, -0.15) is 0 Å². The molecular formula is C26H32Cl2FN3O4S. The summed E-state index contributed by atoms with van der Waals surface area (Å²) in [6, 6.07) is 8.86. The number of sulfonamides is 1. The molecule has 3 rings (SSSR count). The minimum atomic E-state index is -3.90. The number of amides is 2. The smallest absolute Gasteiger partial charge is 0.244 e. The second-order valence-electron chi connectivity index (χ2n) is 9.27. The number of rotatable bonds is 10. The molecule has 0 saturated heterocycles. The van der Waals surface area contributed by atoms with Gasteiger partial charge in [0.1, 0.15) is 18.4 Å². The fraction of sp³-hybridized carbons (Fsp3) is 0.462. The van der Waals surface area contributed by atoms with Gasteiger partial charge in [-0.05, 0) is 61.2 Å². The first-order valence-electron chi connectivity index (χ1n) is 12.3. The van der Waals surface area contributed by atoms with E-state index in [0.717, 1.165) is 54.8 Å². The lowest BCUT2D eigenvalue weighted by Crippen LogP contribution is -2.54. The molecule has 0 radical (unpaired) electrons. The number of nitrogens with zero attached hydrogens (tertiary/aromatic N) is 2. The summed E-state index contributed by atoms with van der Waals surface area (Å²) in [6.07, 6.45) is 6.24. The number of hydrogen-bond donors (Lipinski definition) is 1. The number of halogens is 3. The normalized spacial score (nSPS) is 15.2. The quantitative estimate of drug-likeness (QED) is 0.427. The van der Waals surface area contributed by atoms with E-state index in [2.05, 4.69) is 5.32 Å². The van der Waals surface area contributed by atoms with Crippen LogP contribution in [0.2, 0.25) is 10.0 Å². The van der Waals surface area contributed by atoms with E-state index >= 15 is 0 Å². The van der Waals surface area contributed by atoms with Crippen LogP contribution in [-0.4, -0.2) is 50.0 Å². The fourth-order valence-corrected chi connectivity index (χ4v) is 5.84. The summed E-state index contributed by atoms with van der Waals surface area (Å²) < 4.78 is 39.6. The Labute approximate surface area is 228 Å². The highest BCUT2D eigenvalue weighted by Crippen LogP contribution is 2.25. The standard InChI is InChI=1S/C26H32Cl2FN3O4S/c1-3-24(26(34)30-21-7-5-4-6-8-21)31(16-18-9-10-19(27)15-23(18)28)25(33)17-32(37(2,35)36)22-13-11-20(29)12-14-22/h9-15,21,24H,3-8,16-17H2,1-2H3,(H,30,34). The van der Waals surface area contributed by atoms with Gasteiger partial charge in [0.05, 0.1) is 11.9 Å². The van der Waals surface area contributed by atoms with E-state index < -0.39 is 34.3 Å². The van der Waals surface area contributed by atoms with E-state index in [0.29, 0.717) is 22.0 Å². The maximum absolute atomic E-state index is 13.7. The third-order valence-corrected chi connectivity index (χ3v) is 8.21. The maximum Gasteiger partial charge on any atom is 0.244 e. The number of nitrogens with one attached hydrogen (secondary N) is 1. The highest BCUT2D eigenvalue weighted by molar-refractivity contribution is 7.92. The second-order valence-corrected chi connectivity index (χ2v) is 12.0. The van der Waals surface area contributed by atoms with Crippen LogP contribution in [0.1, 0.15) is 51.0 Å². The van der Waals surface area contributed by atoms with Gasteiger partial charge >= 0.3 is 0 Å². The summed E-state index contributed by atoms with van der Waals surface area (Å²) in [7, 11) is -3.90. The Hall–Kier alpha value is -2.36. The minimum Gasteiger partial charge on any atom is -0.352 e. The molecule has 1 atom stereocenters. The average molecular weight is 573 g/mol. The third kappa shape index (κ3) is 8.06. The van der Waals surface area contributed by atoms with E-state index in [1.807, 2.05) is 0 Å². The molecule has 0 heterocycles. The maximum atomic E-state index is 13.7. The molecule has 0 bridgehead atoms. The van der Waals surface area contributed by atoms with E-state index in [9.17, 15) is 22.4 Å². The van der Waals surface area contributed by atoms with Gasteiger partial charge in [-0.1, -0.05) is 55.5 Å².